The Morgan fingerprint density at radius 2 is 1.71 bits per heavy atom. The van der Waals surface area contributed by atoms with Crippen molar-refractivity contribution in [3.8, 4) is 0 Å². The fourth-order valence-electron chi connectivity index (χ4n) is 1.98. The molecule has 0 fully saturated rings. The molecule has 0 amide bonds. The molecule has 0 heterocycles. The number of carbonyl (C=O) groups is 1. The lowest BCUT2D eigenvalue weighted by atomic mass is 10.1. The van der Waals surface area contributed by atoms with Gasteiger partial charge in [0.25, 0.3) is 10.2 Å². The van der Waals surface area contributed by atoms with Crippen LogP contribution in [0.1, 0.15) is 38.3 Å². The molecule has 0 saturated heterocycles. The molecule has 0 aliphatic carbocycles. The highest BCUT2D eigenvalue weighted by molar-refractivity contribution is 7.87. The van der Waals surface area contributed by atoms with Gasteiger partial charge in [-0.15, -0.1) is 0 Å². The van der Waals surface area contributed by atoms with E-state index in [0.29, 0.717) is 31.5 Å². The van der Waals surface area contributed by atoms with Gasteiger partial charge in [-0.05, 0) is 18.4 Å². The maximum absolute atomic E-state index is 12.4. The van der Waals surface area contributed by atoms with Crippen LogP contribution in [0.2, 0.25) is 0 Å². The highest BCUT2D eigenvalue weighted by Gasteiger charge is 2.29. The molecule has 0 saturated carbocycles. The first kappa shape index (κ1) is 17.6. The van der Waals surface area contributed by atoms with Crippen LogP contribution >= 0.6 is 0 Å². The van der Waals surface area contributed by atoms with Crippen molar-refractivity contribution in [3.63, 3.8) is 0 Å². The lowest BCUT2D eigenvalue weighted by molar-refractivity contribution is -0.139. The average Bonchev–Trinajstić information content (AvgIpc) is 2.45. The number of carboxylic acids is 1. The van der Waals surface area contributed by atoms with Crippen LogP contribution in [0, 0.1) is 0 Å². The van der Waals surface area contributed by atoms with Gasteiger partial charge in [0.1, 0.15) is 6.04 Å². The van der Waals surface area contributed by atoms with Gasteiger partial charge in [0, 0.05) is 13.1 Å². The summed E-state index contributed by atoms with van der Waals surface area (Å²) in [5, 5.41) is 9.29. The number of nitrogens with one attached hydrogen (secondary N) is 1. The number of hydrogen-bond donors (Lipinski definition) is 2. The molecule has 21 heavy (non-hydrogen) atoms. The third kappa shape index (κ3) is 5.11. The SMILES string of the molecule is CCCN(CCC)S(=O)(=O)N[C@H](C(=O)O)c1ccccc1. The number of hydrogen-bond acceptors (Lipinski definition) is 3. The summed E-state index contributed by atoms with van der Waals surface area (Å²) in [7, 11) is -3.84. The quantitative estimate of drug-likeness (QED) is 0.727. The molecule has 1 aromatic rings. The van der Waals surface area contributed by atoms with E-state index < -0.39 is 22.2 Å². The van der Waals surface area contributed by atoms with Gasteiger partial charge in [-0.1, -0.05) is 44.2 Å². The van der Waals surface area contributed by atoms with E-state index in [1.54, 1.807) is 30.3 Å². The van der Waals surface area contributed by atoms with Crippen LogP contribution < -0.4 is 4.72 Å². The van der Waals surface area contributed by atoms with Gasteiger partial charge in [0.05, 0.1) is 0 Å². The minimum atomic E-state index is -3.84. The van der Waals surface area contributed by atoms with E-state index in [1.165, 1.54) is 4.31 Å². The second-order valence-corrected chi connectivity index (χ2v) is 6.41. The van der Waals surface area contributed by atoms with Gasteiger partial charge in [-0.2, -0.15) is 17.4 Å². The van der Waals surface area contributed by atoms with Gasteiger partial charge in [0.15, 0.2) is 0 Å². The van der Waals surface area contributed by atoms with Crippen molar-refractivity contribution in [1.29, 1.82) is 0 Å². The predicted octanol–water partition coefficient (Wildman–Crippen LogP) is 1.77. The number of nitrogens with zero attached hydrogens (tertiary/aromatic N) is 1. The first-order chi connectivity index (χ1) is 9.92. The first-order valence-corrected chi connectivity index (χ1v) is 8.41. The molecule has 0 aliphatic heterocycles. The molecule has 7 heteroatoms. The van der Waals surface area contributed by atoms with Crippen LogP contribution in [0.4, 0.5) is 0 Å². The zero-order valence-electron chi connectivity index (χ0n) is 12.3. The molecule has 6 nitrogen and oxygen atoms in total. The third-order valence-corrected chi connectivity index (χ3v) is 4.51. The summed E-state index contributed by atoms with van der Waals surface area (Å²) >= 11 is 0. The largest absolute Gasteiger partial charge is 0.480 e. The van der Waals surface area contributed by atoms with Gasteiger partial charge in [-0.25, -0.2) is 0 Å². The zero-order chi connectivity index (χ0) is 15.9. The lowest BCUT2D eigenvalue weighted by Gasteiger charge is -2.24. The fraction of sp³-hybridized carbons (Fsp3) is 0.500. The van der Waals surface area contributed by atoms with Crippen LogP contribution in [-0.4, -0.2) is 36.9 Å². The summed E-state index contributed by atoms with van der Waals surface area (Å²) in [5.41, 5.74) is 0.404. The Hall–Kier alpha value is -1.44. The van der Waals surface area contributed by atoms with Crippen LogP contribution in [-0.2, 0) is 15.0 Å². The van der Waals surface area contributed by atoms with E-state index in [1.807, 2.05) is 13.8 Å². The highest BCUT2D eigenvalue weighted by atomic mass is 32.2. The Kier molecular flexibility index (Phi) is 6.80. The molecule has 0 spiro atoms. The number of rotatable bonds is 9. The summed E-state index contributed by atoms with van der Waals surface area (Å²) in [6.45, 7) is 4.49. The van der Waals surface area contributed by atoms with E-state index in [2.05, 4.69) is 4.72 Å². The maximum Gasteiger partial charge on any atom is 0.326 e. The smallest absolute Gasteiger partial charge is 0.326 e. The van der Waals surface area contributed by atoms with E-state index in [4.69, 9.17) is 0 Å². The Labute approximate surface area is 126 Å². The second-order valence-electron chi connectivity index (χ2n) is 4.70. The summed E-state index contributed by atoms with van der Waals surface area (Å²) in [6.07, 6.45) is 1.34. The maximum atomic E-state index is 12.4. The van der Waals surface area contributed by atoms with Crippen molar-refractivity contribution in [3.05, 3.63) is 35.9 Å². The van der Waals surface area contributed by atoms with Crippen molar-refractivity contribution in [2.24, 2.45) is 0 Å². The minimum Gasteiger partial charge on any atom is -0.480 e. The molecule has 0 unspecified atom stereocenters. The van der Waals surface area contributed by atoms with Gasteiger partial charge >= 0.3 is 5.97 Å². The molecule has 1 aromatic carbocycles. The Balaban J connectivity index is 2.99. The minimum absolute atomic E-state index is 0.365. The molecule has 0 aliphatic rings. The van der Waals surface area contributed by atoms with Gasteiger partial charge in [-0.3, -0.25) is 4.79 Å². The summed E-state index contributed by atoms with van der Waals surface area (Å²) in [4.78, 5) is 11.4. The summed E-state index contributed by atoms with van der Waals surface area (Å²) < 4.78 is 28.3. The molecule has 1 rings (SSSR count). The summed E-state index contributed by atoms with van der Waals surface area (Å²) in [5.74, 6) is -1.22. The van der Waals surface area contributed by atoms with Crippen LogP contribution in [0.3, 0.4) is 0 Å². The van der Waals surface area contributed by atoms with Crippen molar-refractivity contribution in [1.82, 2.24) is 9.03 Å². The zero-order valence-corrected chi connectivity index (χ0v) is 13.1. The van der Waals surface area contributed by atoms with Gasteiger partial charge < -0.3 is 5.11 Å². The van der Waals surface area contributed by atoms with Crippen molar-refractivity contribution in [2.45, 2.75) is 32.7 Å². The Morgan fingerprint density at radius 1 is 1.19 bits per heavy atom. The van der Waals surface area contributed by atoms with Crippen molar-refractivity contribution < 1.29 is 18.3 Å². The summed E-state index contributed by atoms with van der Waals surface area (Å²) in [6, 6.07) is 6.99. The highest BCUT2D eigenvalue weighted by Crippen LogP contribution is 2.15. The van der Waals surface area contributed by atoms with Crippen LogP contribution in [0.5, 0.6) is 0 Å². The normalized spacial score (nSPS) is 13.3. The molecule has 118 valence electrons. The average molecular weight is 314 g/mol. The van der Waals surface area contributed by atoms with E-state index in [0.717, 1.165) is 0 Å². The van der Waals surface area contributed by atoms with E-state index in [9.17, 15) is 18.3 Å². The van der Waals surface area contributed by atoms with Crippen molar-refractivity contribution >= 4 is 16.2 Å². The molecular weight excluding hydrogens is 292 g/mol. The predicted molar refractivity (Wildman–Crippen MR) is 81.0 cm³/mol. The molecule has 0 bridgehead atoms. The molecule has 2 N–H and O–H groups in total. The van der Waals surface area contributed by atoms with E-state index >= 15 is 0 Å². The number of aliphatic carboxylic acids is 1. The fourth-order valence-corrected chi connectivity index (χ4v) is 3.51. The molecule has 1 atom stereocenters. The lowest BCUT2D eigenvalue weighted by Crippen LogP contribution is -2.45. The van der Waals surface area contributed by atoms with Crippen molar-refractivity contribution in [2.75, 3.05) is 13.1 Å². The first-order valence-electron chi connectivity index (χ1n) is 6.97. The Morgan fingerprint density at radius 3 is 2.14 bits per heavy atom. The molecule has 0 radical (unpaired) electrons. The molecule has 0 aromatic heterocycles. The topological polar surface area (TPSA) is 86.7 Å². The Bertz CT molecular complexity index is 539. The number of carboxylic acid groups (broad SMARTS) is 1. The van der Waals surface area contributed by atoms with Crippen LogP contribution in [0.25, 0.3) is 0 Å². The van der Waals surface area contributed by atoms with E-state index in [-0.39, 0.29) is 0 Å². The van der Waals surface area contributed by atoms with Gasteiger partial charge in [0.2, 0.25) is 0 Å². The standard InChI is InChI=1S/C14H22N2O4S/c1-3-10-16(11-4-2)21(19,20)15-13(14(17)18)12-8-6-5-7-9-12/h5-9,13,15H,3-4,10-11H2,1-2H3,(H,17,18)/t13-/m0/s1. The second kappa shape index (κ2) is 8.11. The third-order valence-electron chi connectivity index (χ3n) is 2.93. The monoisotopic (exact) mass is 314 g/mol. The number of benzene rings is 1. The molecular formula is C14H22N2O4S. The van der Waals surface area contributed by atoms with Crippen LogP contribution in [0.15, 0.2) is 30.3 Å².